The fourth-order valence-electron chi connectivity index (χ4n) is 5.21. The summed E-state index contributed by atoms with van der Waals surface area (Å²) in [6, 6.07) is 5.49. The lowest BCUT2D eigenvalue weighted by Gasteiger charge is -2.48. The number of amides is 1. The number of benzene rings is 1. The molecule has 3 aromatic rings. The molecule has 2 fully saturated rings. The lowest BCUT2D eigenvalue weighted by molar-refractivity contribution is -0.137. The predicted molar refractivity (Wildman–Crippen MR) is 134 cm³/mol. The molecule has 0 radical (unpaired) electrons. The molecule has 10 heteroatoms. The standard InChI is InChI=1S/C26H26F3N5OS/c1-2-25(23-12-30-16-36-23)8-5-19(6-9-25)34-14-18(15-34)33-24(35)13-32-22-7-10-31-21-4-3-17(11-20(21)22)26(27,28)29/h1,3-4,7,10-12,16,18-19H,5-6,8-9,13-15H2,(H,31,32)(H,33,35). The maximum Gasteiger partial charge on any atom is 0.416 e. The maximum absolute atomic E-state index is 13.1. The number of alkyl halides is 3. The fourth-order valence-corrected chi connectivity index (χ4v) is 6.05. The Hall–Kier alpha value is -3.16. The van der Waals surface area contributed by atoms with Gasteiger partial charge in [0.25, 0.3) is 0 Å². The van der Waals surface area contributed by atoms with E-state index < -0.39 is 11.7 Å². The van der Waals surface area contributed by atoms with Crippen LogP contribution in [-0.4, -0.2) is 52.5 Å². The Morgan fingerprint density at radius 2 is 2.03 bits per heavy atom. The minimum atomic E-state index is -4.45. The molecule has 1 aliphatic heterocycles. The van der Waals surface area contributed by atoms with Crippen LogP contribution >= 0.6 is 11.3 Å². The van der Waals surface area contributed by atoms with E-state index >= 15 is 0 Å². The summed E-state index contributed by atoms with van der Waals surface area (Å²) in [6.45, 7) is 1.54. The van der Waals surface area contributed by atoms with Crippen molar-refractivity contribution in [2.24, 2.45) is 0 Å². The zero-order valence-corrected chi connectivity index (χ0v) is 20.3. The Morgan fingerprint density at radius 3 is 2.69 bits per heavy atom. The van der Waals surface area contributed by atoms with E-state index in [0.717, 1.165) is 50.9 Å². The Bertz CT molecular complexity index is 1270. The van der Waals surface area contributed by atoms with Crippen LogP contribution in [0.15, 0.2) is 42.2 Å². The van der Waals surface area contributed by atoms with Crippen molar-refractivity contribution in [1.82, 2.24) is 20.2 Å². The van der Waals surface area contributed by atoms with Crippen LogP contribution in [0.4, 0.5) is 18.9 Å². The molecular formula is C26H26F3N5OS. The molecule has 1 aromatic carbocycles. The lowest BCUT2D eigenvalue weighted by atomic mass is 9.71. The summed E-state index contributed by atoms with van der Waals surface area (Å²) in [4.78, 5) is 24.4. The average Bonchev–Trinajstić information content (AvgIpc) is 3.40. The Labute approximate surface area is 211 Å². The number of fused-ring (bicyclic) bond motifs is 1. The molecule has 36 heavy (non-hydrogen) atoms. The largest absolute Gasteiger partial charge is 0.416 e. The van der Waals surface area contributed by atoms with Gasteiger partial charge in [-0.15, -0.1) is 17.8 Å². The highest BCUT2D eigenvalue weighted by Gasteiger charge is 2.41. The summed E-state index contributed by atoms with van der Waals surface area (Å²) < 4.78 is 39.4. The molecular weight excluding hydrogens is 487 g/mol. The summed E-state index contributed by atoms with van der Waals surface area (Å²) >= 11 is 1.62. The first-order valence-corrected chi connectivity index (χ1v) is 12.8. The number of hydrogen-bond donors (Lipinski definition) is 2. The third-order valence-corrected chi connectivity index (χ3v) is 8.27. The van der Waals surface area contributed by atoms with Gasteiger partial charge >= 0.3 is 6.18 Å². The smallest absolute Gasteiger partial charge is 0.376 e. The number of carbonyl (C=O) groups is 1. The van der Waals surface area contributed by atoms with Gasteiger partial charge in [0.1, 0.15) is 0 Å². The van der Waals surface area contributed by atoms with Crippen LogP contribution in [0.2, 0.25) is 0 Å². The third kappa shape index (κ3) is 4.90. The van der Waals surface area contributed by atoms with E-state index in [1.807, 2.05) is 11.7 Å². The number of thiazole rings is 1. The number of halogens is 3. The maximum atomic E-state index is 13.1. The summed E-state index contributed by atoms with van der Waals surface area (Å²) in [7, 11) is 0. The monoisotopic (exact) mass is 513 g/mol. The van der Waals surface area contributed by atoms with Crippen LogP contribution < -0.4 is 10.6 Å². The second-order valence-electron chi connectivity index (χ2n) is 9.48. The number of nitrogens with one attached hydrogen (secondary N) is 2. The average molecular weight is 514 g/mol. The van der Waals surface area contributed by atoms with Crippen LogP contribution in [-0.2, 0) is 16.4 Å². The summed E-state index contributed by atoms with van der Waals surface area (Å²) in [5.74, 6) is 2.83. The first kappa shape index (κ1) is 24.5. The molecule has 188 valence electrons. The molecule has 2 aliphatic rings. The van der Waals surface area contributed by atoms with Gasteiger partial charge in [-0.2, -0.15) is 13.2 Å². The fraction of sp³-hybridized carbons (Fsp3) is 0.423. The highest BCUT2D eigenvalue weighted by molar-refractivity contribution is 7.09. The topological polar surface area (TPSA) is 70.2 Å². The van der Waals surface area contributed by atoms with Gasteiger partial charge in [-0.25, -0.2) is 0 Å². The molecule has 0 atom stereocenters. The molecule has 0 bridgehead atoms. The molecule has 3 heterocycles. The van der Waals surface area contributed by atoms with Gasteiger partial charge in [-0.3, -0.25) is 19.7 Å². The molecule has 0 spiro atoms. The Kier molecular flexibility index (Phi) is 6.62. The van der Waals surface area contributed by atoms with Crippen LogP contribution in [0.25, 0.3) is 10.9 Å². The van der Waals surface area contributed by atoms with Gasteiger partial charge in [0.15, 0.2) is 0 Å². The number of hydrogen-bond acceptors (Lipinski definition) is 6. The molecule has 0 unspecified atom stereocenters. The van der Waals surface area contributed by atoms with Gasteiger partial charge in [-0.1, -0.05) is 5.92 Å². The molecule has 1 amide bonds. The van der Waals surface area contributed by atoms with E-state index in [4.69, 9.17) is 6.42 Å². The van der Waals surface area contributed by atoms with Gasteiger partial charge in [0.05, 0.1) is 34.6 Å². The number of likely N-dealkylation sites (tertiary alicyclic amines) is 1. The highest BCUT2D eigenvalue weighted by atomic mass is 32.1. The number of nitrogens with zero attached hydrogens (tertiary/aromatic N) is 3. The predicted octanol–water partition coefficient (Wildman–Crippen LogP) is 4.44. The van der Waals surface area contributed by atoms with E-state index in [9.17, 15) is 18.0 Å². The number of rotatable bonds is 6. The second kappa shape index (κ2) is 9.71. The number of carbonyl (C=O) groups excluding carboxylic acids is 1. The molecule has 2 N–H and O–H groups in total. The van der Waals surface area contributed by atoms with Crippen LogP contribution in [0.1, 0.15) is 36.1 Å². The summed E-state index contributed by atoms with van der Waals surface area (Å²) in [5, 5.41) is 6.31. The number of terminal acetylenes is 1. The van der Waals surface area contributed by atoms with Gasteiger partial charge in [0.2, 0.25) is 5.91 Å². The Morgan fingerprint density at radius 1 is 1.25 bits per heavy atom. The van der Waals surface area contributed by atoms with Crippen LogP contribution in [0.3, 0.4) is 0 Å². The molecule has 5 rings (SSSR count). The van der Waals surface area contributed by atoms with Crippen molar-refractivity contribution >= 4 is 33.8 Å². The first-order chi connectivity index (χ1) is 17.3. The zero-order valence-electron chi connectivity index (χ0n) is 19.5. The van der Waals surface area contributed by atoms with E-state index in [0.29, 0.717) is 22.6 Å². The van der Waals surface area contributed by atoms with Crippen molar-refractivity contribution in [3.8, 4) is 12.3 Å². The minimum absolute atomic E-state index is 0.0329. The molecule has 2 aromatic heterocycles. The summed E-state index contributed by atoms with van der Waals surface area (Å²) in [6.07, 6.45) is 8.75. The number of anilines is 1. The SMILES string of the molecule is C#CC1(c2cncs2)CCC(N2CC(NC(=O)CNc3ccnc4ccc(C(F)(F)F)cc34)C2)CC1. The van der Waals surface area contributed by atoms with Crippen molar-refractivity contribution < 1.29 is 18.0 Å². The van der Waals surface area contributed by atoms with Crippen LogP contribution in [0, 0.1) is 12.3 Å². The molecule has 1 saturated heterocycles. The van der Waals surface area contributed by atoms with Gasteiger partial charge in [-0.05, 0) is 49.9 Å². The van der Waals surface area contributed by atoms with E-state index in [2.05, 4.69) is 31.4 Å². The van der Waals surface area contributed by atoms with Gasteiger partial charge < -0.3 is 10.6 Å². The van der Waals surface area contributed by atoms with Crippen molar-refractivity contribution in [3.63, 3.8) is 0 Å². The summed E-state index contributed by atoms with van der Waals surface area (Å²) in [5.41, 5.74) is 1.74. The highest BCUT2D eigenvalue weighted by Crippen LogP contribution is 2.42. The quantitative estimate of drug-likeness (QED) is 0.477. The van der Waals surface area contributed by atoms with Crippen LogP contribution in [0.5, 0.6) is 0 Å². The van der Waals surface area contributed by atoms with Crippen molar-refractivity contribution in [2.45, 2.75) is 49.4 Å². The lowest BCUT2D eigenvalue weighted by Crippen LogP contribution is -2.63. The Balaban J connectivity index is 1.10. The normalized spacial score (nSPS) is 23.1. The minimum Gasteiger partial charge on any atom is -0.376 e. The molecule has 6 nitrogen and oxygen atoms in total. The van der Waals surface area contributed by atoms with E-state index in [1.54, 1.807) is 17.4 Å². The van der Waals surface area contributed by atoms with Gasteiger partial charge in [0, 0.05) is 47.5 Å². The van der Waals surface area contributed by atoms with E-state index in [-0.39, 0.29) is 23.9 Å². The number of aromatic nitrogens is 2. The first-order valence-electron chi connectivity index (χ1n) is 11.9. The third-order valence-electron chi connectivity index (χ3n) is 7.29. The van der Waals surface area contributed by atoms with Crippen molar-refractivity contribution in [2.75, 3.05) is 25.0 Å². The zero-order chi connectivity index (χ0) is 25.3. The number of pyridine rings is 1. The van der Waals surface area contributed by atoms with Crippen molar-refractivity contribution in [1.29, 1.82) is 0 Å². The van der Waals surface area contributed by atoms with Crippen molar-refractivity contribution in [3.05, 3.63) is 52.6 Å². The second-order valence-corrected chi connectivity index (χ2v) is 10.4. The molecule has 1 saturated carbocycles. The van der Waals surface area contributed by atoms with E-state index in [1.165, 1.54) is 17.1 Å². The molecule has 1 aliphatic carbocycles.